The van der Waals surface area contributed by atoms with Crippen LogP contribution in [0.3, 0.4) is 0 Å². The van der Waals surface area contributed by atoms with Crippen LogP contribution in [-0.4, -0.2) is 7.11 Å². The van der Waals surface area contributed by atoms with Gasteiger partial charge in [-0.2, -0.15) is 0 Å². The van der Waals surface area contributed by atoms with E-state index in [9.17, 15) is 0 Å². The largest absolute Gasteiger partial charge is 0.496 e. The second kappa shape index (κ2) is 5.97. The average Bonchev–Trinajstić information content (AvgIpc) is 2.90. The monoisotopic (exact) mass is 326 g/mol. The van der Waals surface area contributed by atoms with Crippen molar-refractivity contribution in [1.29, 1.82) is 0 Å². The van der Waals surface area contributed by atoms with E-state index in [0.29, 0.717) is 5.02 Å². The van der Waals surface area contributed by atoms with Gasteiger partial charge in [-0.15, -0.1) is 22.9 Å². The van der Waals surface area contributed by atoms with Gasteiger partial charge in [-0.25, -0.2) is 0 Å². The van der Waals surface area contributed by atoms with Gasteiger partial charge in [0, 0.05) is 20.3 Å². The maximum absolute atomic E-state index is 6.68. The summed E-state index contributed by atoms with van der Waals surface area (Å²) in [5.41, 5.74) is 2.42. The molecule has 4 heteroatoms. The molecule has 3 rings (SSSR count). The van der Waals surface area contributed by atoms with E-state index in [1.54, 1.807) is 7.11 Å². The smallest absolute Gasteiger partial charge is 0.124 e. The third-order valence-electron chi connectivity index (χ3n) is 3.73. The lowest BCUT2D eigenvalue weighted by Gasteiger charge is -2.13. The van der Waals surface area contributed by atoms with Crippen molar-refractivity contribution < 1.29 is 4.74 Å². The third-order valence-corrected chi connectivity index (χ3v) is 5.87. The van der Waals surface area contributed by atoms with Crippen molar-refractivity contribution >= 4 is 34.5 Å². The minimum absolute atomic E-state index is 0.195. The number of alkyl halides is 1. The summed E-state index contributed by atoms with van der Waals surface area (Å²) in [6.07, 6.45) is 4.95. The first kappa shape index (κ1) is 14.2. The van der Waals surface area contributed by atoms with Crippen molar-refractivity contribution in [2.75, 3.05) is 7.11 Å². The zero-order valence-corrected chi connectivity index (χ0v) is 13.6. The van der Waals surface area contributed by atoms with E-state index >= 15 is 0 Å². The Kier molecular flexibility index (Phi) is 4.25. The summed E-state index contributed by atoms with van der Waals surface area (Å²) >= 11 is 14.6. The standard InChI is InChI=1S/C16H16Cl2OS/c1-19-13-7-6-11(17)9-12(13)16(18)15-8-10-4-2-3-5-14(10)20-15/h6-9,16H,2-5H2,1H3. The zero-order valence-electron chi connectivity index (χ0n) is 11.3. The molecular weight excluding hydrogens is 311 g/mol. The van der Waals surface area contributed by atoms with Crippen molar-refractivity contribution in [3.63, 3.8) is 0 Å². The number of thiophene rings is 1. The first-order valence-electron chi connectivity index (χ1n) is 6.78. The van der Waals surface area contributed by atoms with Crippen LogP contribution in [0.1, 0.15) is 39.1 Å². The number of fused-ring (bicyclic) bond motifs is 1. The van der Waals surface area contributed by atoms with Gasteiger partial charge in [-0.05, 0) is 55.5 Å². The lowest BCUT2D eigenvalue weighted by molar-refractivity contribution is 0.410. The Bertz CT molecular complexity index is 597. The van der Waals surface area contributed by atoms with Crippen LogP contribution in [0.2, 0.25) is 5.02 Å². The molecule has 1 aromatic heterocycles. The van der Waals surface area contributed by atoms with E-state index in [0.717, 1.165) is 11.3 Å². The summed E-state index contributed by atoms with van der Waals surface area (Å²) in [5.74, 6) is 0.792. The van der Waals surface area contributed by atoms with Crippen LogP contribution in [0, 0.1) is 0 Å². The molecule has 1 aliphatic rings. The number of benzene rings is 1. The Labute approximate surface area is 133 Å². The number of aryl methyl sites for hydroxylation is 2. The highest BCUT2D eigenvalue weighted by molar-refractivity contribution is 7.12. The predicted octanol–water partition coefficient (Wildman–Crippen LogP) is 5.62. The van der Waals surface area contributed by atoms with E-state index in [1.807, 2.05) is 29.5 Å². The molecule has 0 fully saturated rings. The highest BCUT2D eigenvalue weighted by Crippen LogP contribution is 2.42. The van der Waals surface area contributed by atoms with E-state index in [-0.39, 0.29) is 5.38 Å². The third kappa shape index (κ3) is 2.69. The first-order valence-corrected chi connectivity index (χ1v) is 8.41. The van der Waals surface area contributed by atoms with Gasteiger partial charge >= 0.3 is 0 Å². The van der Waals surface area contributed by atoms with E-state index in [1.165, 1.54) is 41.0 Å². The molecule has 0 saturated heterocycles. The molecule has 1 aromatic carbocycles. The molecule has 0 N–H and O–H groups in total. The van der Waals surface area contributed by atoms with Crippen LogP contribution in [0.4, 0.5) is 0 Å². The molecule has 0 saturated carbocycles. The first-order chi connectivity index (χ1) is 9.69. The maximum Gasteiger partial charge on any atom is 0.124 e. The number of hydrogen-bond donors (Lipinski definition) is 0. The molecule has 1 aliphatic carbocycles. The molecule has 0 bridgehead atoms. The van der Waals surface area contributed by atoms with Gasteiger partial charge in [0.2, 0.25) is 0 Å². The lowest BCUT2D eigenvalue weighted by atomic mass is 9.98. The molecule has 1 heterocycles. The highest BCUT2D eigenvalue weighted by atomic mass is 35.5. The van der Waals surface area contributed by atoms with Crippen LogP contribution in [-0.2, 0) is 12.8 Å². The van der Waals surface area contributed by atoms with Crippen LogP contribution in [0.25, 0.3) is 0 Å². The fraction of sp³-hybridized carbons (Fsp3) is 0.375. The van der Waals surface area contributed by atoms with Crippen LogP contribution < -0.4 is 4.74 Å². The van der Waals surface area contributed by atoms with Crippen molar-refractivity contribution in [3.05, 3.63) is 50.2 Å². The minimum Gasteiger partial charge on any atom is -0.496 e. The SMILES string of the molecule is COc1ccc(Cl)cc1C(Cl)c1cc2c(s1)CCCC2. The molecule has 2 aromatic rings. The van der Waals surface area contributed by atoms with Gasteiger partial charge in [0.25, 0.3) is 0 Å². The van der Waals surface area contributed by atoms with Crippen molar-refractivity contribution in [2.45, 2.75) is 31.1 Å². The summed E-state index contributed by atoms with van der Waals surface area (Å²) in [4.78, 5) is 2.69. The van der Waals surface area contributed by atoms with Gasteiger partial charge in [-0.3, -0.25) is 0 Å². The van der Waals surface area contributed by atoms with Gasteiger partial charge in [0.05, 0.1) is 12.5 Å². The van der Waals surface area contributed by atoms with E-state index in [4.69, 9.17) is 27.9 Å². The van der Waals surface area contributed by atoms with Crippen molar-refractivity contribution in [2.24, 2.45) is 0 Å². The number of rotatable bonds is 3. The van der Waals surface area contributed by atoms with Gasteiger partial charge in [-0.1, -0.05) is 11.6 Å². The van der Waals surface area contributed by atoms with Gasteiger partial charge in [0.1, 0.15) is 5.75 Å². The molecule has 0 aliphatic heterocycles. The summed E-state index contributed by atoms with van der Waals surface area (Å²) < 4.78 is 5.41. The maximum atomic E-state index is 6.68. The Morgan fingerprint density at radius 3 is 2.75 bits per heavy atom. The molecule has 0 amide bonds. The van der Waals surface area contributed by atoms with Crippen LogP contribution in [0.15, 0.2) is 24.3 Å². The minimum atomic E-state index is -0.195. The van der Waals surface area contributed by atoms with Gasteiger partial charge in [0.15, 0.2) is 0 Å². The number of hydrogen-bond acceptors (Lipinski definition) is 2. The number of halogens is 2. The van der Waals surface area contributed by atoms with E-state index in [2.05, 4.69) is 6.07 Å². The zero-order chi connectivity index (χ0) is 14.1. The summed E-state index contributed by atoms with van der Waals surface area (Å²) in [5, 5.41) is 0.493. The molecule has 1 atom stereocenters. The normalized spacial score (nSPS) is 15.8. The highest BCUT2D eigenvalue weighted by Gasteiger charge is 2.21. The number of ether oxygens (including phenoxy) is 1. The average molecular weight is 327 g/mol. The quantitative estimate of drug-likeness (QED) is 0.665. The molecule has 20 heavy (non-hydrogen) atoms. The molecule has 0 spiro atoms. The molecule has 1 unspecified atom stereocenters. The predicted molar refractivity (Wildman–Crippen MR) is 86.7 cm³/mol. The second-order valence-electron chi connectivity index (χ2n) is 5.05. The van der Waals surface area contributed by atoms with Crippen LogP contribution in [0.5, 0.6) is 5.75 Å². The molecular formula is C16H16Cl2OS. The summed E-state index contributed by atoms with van der Waals surface area (Å²) in [6.45, 7) is 0. The fourth-order valence-corrected chi connectivity index (χ4v) is 4.50. The van der Waals surface area contributed by atoms with Crippen molar-refractivity contribution in [3.8, 4) is 5.75 Å². The Morgan fingerprint density at radius 2 is 2.00 bits per heavy atom. The second-order valence-corrected chi connectivity index (χ2v) is 7.09. The molecule has 1 nitrogen and oxygen atoms in total. The molecule has 0 radical (unpaired) electrons. The Morgan fingerprint density at radius 1 is 1.20 bits per heavy atom. The van der Waals surface area contributed by atoms with E-state index < -0.39 is 0 Å². The van der Waals surface area contributed by atoms with Crippen molar-refractivity contribution in [1.82, 2.24) is 0 Å². The summed E-state index contributed by atoms with van der Waals surface area (Å²) in [6, 6.07) is 7.86. The fourth-order valence-electron chi connectivity index (χ4n) is 2.70. The van der Waals surface area contributed by atoms with Gasteiger partial charge < -0.3 is 4.74 Å². The lowest BCUT2D eigenvalue weighted by Crippen LogP contribution is -1.97. The number of methoxy groups -OCH3 is 1. The topological polar surface area (TPSA) is 9.23 Å². The summed E-state index contributed by atoms with van der Waals surface area (Å²) in [7, 11) is 1.66. The Hall–Kier alpha value is -0.700. The Balaban J connectivity index is 1.97. The molecule has 106 valence electrons. The van der Waals surface area contributed by atoms with Crippen LogP contribution >= 0.6 is 34.5 Å².